The van der Waals surface area contributed by atoms with Crippen molar-refractivity contribution >= 4 is 18.0 Å². The molecule has 2 aromatic rings. The second kappa shape index (κ2) is 9.40. The summed E-state index contributed by atoms with van der Waals surface area (Å²) in [5.74, 6) is -1.65. The molecule has 0 radical (unpaired) electrons. The van der Waals surface area contributed by atoms with E-state index in [1.54, 1.807) is 6.92 Å². The van der Waals surface area contributed by atoms with Crippen LogP contribution in [0.1, 0.15) is 36.8 Å². The minimum Gasteiger partial charge on any atom is -0.479 e. The number of carboxylic acids is 1. The Morgan fingerprint density at radius 2 is 1.72 bits per heavy atom. The number of fused-ring (bicyclic) bond motifs is 3. The second-order valence-electron chi connectivity index (χ2n) is 7.96. The SMILES string of the molecule is CC[C@H](NC(=O)OCC1c2ccccc2-c2ccccc21)C(=O)NC1CCOC1C(=O)O. The van der Waals surface area contributed by atoms with Gasteiger partial charge >= 0.3 is 12.1 Å². The molecule has 1 heterocycles. The first kappa shape index (κ1) is 21.8. The van der Waals surface area contributed by atoms with Gasteiger partial charge in [-0.05, 0) is 35.1 Å². The fraction of sp³-hybridized carbons (Fsp3) is 0.375. The molecule has 168 valence electrons. The van der Waals surface area contributed by atoms with Gasteiger partial charge in [-0.25, -0.2) is 9.59 Å². The molecule has 2 aromatic carbocycles. The van der Waals surface area contributed by atoms with Gasteiger partial charge in [-0.15, -0.1) is 0 Å². The number of benzene rings is 2. The molecule has 0 aromatic heterocycles. The molecule has 0 bridgehead atoms. The molecule has 1 aliphatic carbocycles. The van der Waals surface area contributed by atoms with Crippen molar-refractivity contribution in [2.45, 2.75) is 43.9 Å². The highest BCUT2D eigenvalue weighted by Gasteiger charge is 2.36. The Morgan fingerprint density at radius 3 is 2.31 bits per heavy atom. The summed E-state index contributed by atoms with van der Waals surface area (Å²) < 4.78 is 10.7. The van der Waals surface area contributed by atoms with Gasteiger partial charge in [-0.2, -0.15) is 0 Å². The molecule has 4 rings (SSSR count). The van der Waals surface area contributed by atoms with Crippen LogP contribution in [-0.2, 0) is 19.1 Å². The molecule has 8 heteroatoms. The molecule has 2 unspecified atom stereocenters. The van der Waals surface area contributed by atoms with E-state index in [1.165, 1.54) is 0 Å². The number of carbonyl (C=O) groups excluding carboxylic acids is 2. The van der Waals surface area contributed by atoms with Crippen LogP contribution in [0, 0.1) is 0 Å². The summed E-state index contributed by atoms with van der Waals surface area (Å²) >= 11 is 0. The lowest BCUT2D eigenvalue weighted by Crippen LogP contribution is -2.52. The Kier molecular flexibility index (Phi) is 6.41. The first-order valence-corrected chi connectivity index (χ1v) is 10.8. The minimum absolute atomic E-state index is 0.0750. The highest BCUT2D eigenvalue weighted by atomic mass is 16.5. The summed E-state index contributed by atoms with van der Waals surface area (Å²) in [5.41, 5.74) is 4.48. The zero-order valence-electron chi connectivity index (χ0n) is 17.7. The second-order valence-corrected chi connectivity index (χ2v) is 7.96. The molecule has 0 saturated carbocycles. The van der Waals surface area contributed by atoms with Crippen LogP contribution in [0.25, 0.3) is 11.1 Å². The summed E-state index contributed by atoms with van der Waals surface area (Å²) in [7, 11) is 0. The Balaban J connectivity index is 1.36. The quantitative estimate of drug-likeness (QED) is 0.612. The number of carboxylic acid groups (broad SMARTS) is 1. The van der Waals surface area contributed by atoms with E-state index in [1.807, 2.05) is 36.4 Å². The minimum atomic E-state index is -1.12. The number of aliphatic carboxylic acids is 1. The largest absolute Gasteiger partial charge is 0.479 e. The Morgan fingerprint density at radius 1 is 1.09 bits per heavy atom. The highest BCUT2D eigenvalue weighted by molar-refractivity contribution is 5.86. The zero-order chi connectivity index (χ0) is 22.7. The summed E-state index contributed by atoms with van der Waals surface area (Å²) in [6.07, 6.45) is -1.02. The van der Waals surface area contributed by atoms with Crippen molar-refractivity contribution in [2.24, 2.45) is 0 Å². The van der Waals surface area contributed by atoms with Crippen LogP contribution in [0.2, 0.25) is 0 Å². The van der Waals surface area contributed by atoms with Crippen molar-refractivity contribution < 1.29 is 29.0 Å². The Hall–Kier alpha value is -3.39. The Bertz CT molecular complexity index is 978. The number of nitrogens with one attached hydrogen (secondary N) is 2. The molecule has 2 aliphatic rings. The maximum absolute atomic E-state index is 12.6. The monoisotopic (exact) mass is 438 g/mol. The number of carbonyl (C=O) groups is 3. The summed E-state index contributed by atoms with van der Waals surface area (Å²) in [6.45, 7) is 2.17. The zero-order valence-corrected chi connectivity index (χ0v) is 17.7. The topological polar surface area (TPSA) is 114 Å². The normalized spacial score (nSPS) is 20.2. The fourth-order valence-electron chi connectivity index (χ4n) is 4.40. The third-order valence-electron chi connectivity index (χ3n) is 6.02. The van der Waals surface area contributed by atoms with Gasteiger partial charge in [0.25, 0.3) is 0 Å². The Labute approximate surface area is 185 Å². The molecule has 2 amide bonds. The van der Waals surface area contributed by atoms with Gasteiger partial charge in [-0.1, -0.05) is 55.5 Å². The van der Waals surface area contributed by atoms with E-state index >= 15 is 0 Å². The van der Waals surface area contributed by atoms with E-state index in [0.29, 0.717) is 12.8 Å². The first-order chi connectivity index (χ1) is 15.5. The summed E-state index contributed by atoms with van der Waals surface area (Å²) in [4.78, 5) is 36.3. The number of alkyl carbamates (subject to hydrolysis) is 1. The van der Waals surface area contributed by atoms with Gasteiger partial charge in [-0.3, -0.25) is 4.79 Å². The number of amides is 2. The van der Waals surface area contributed by atoms with Crippen LogP contribution in [0.15, 0.2) is 48.5 Å². The number of hydrogen-bond acceptors (Lipinski definition) is 5. The van der Waals surface area contributed by atoms with Crippen LogP contribution in [0.4, 0.5) is 4.79 Å². The van der Waals surface area contributed by atoms with Crippen molar-refractivity contribution in [3.8, 4) is 11.1 Å². The predicted molar refractivity (Wildman–Crippen MR) is 116 cm³/mol. The summed E-state index contributed by atoms with van der Waals surface area (Å²) in [5, 5.41) is 14.5. The molecular formula is C24H26N2O6. The van der Waals surface area contributed by atoms with Gasteiger partial charge in [0.2, 0.25) is 5.91 Å². The fourth-order valence-corrected chi connectivity index (χ4v) is 4.40. The number of rotatable bonds is 7. The molecule has 3 N–H and O–H groups in total. The van der Waals surface area contributed by atoms with E-state index in [9.17, 15) is 19.5 Å². The van der Waals surface area contributed by atoms with Crippen LogP contribution in [0.3, 0.4) is 0 Å². The maximum atomic E-state index is 12.6. The van der Waals surface area contributed by atoms with Gasteiger partial charge < -0.3 is 25.2 Å². The van der Waals surface area contributed by atoms with Crippen LogP contribution < -0.4 is 10.6 Å². The van der Waals surface area contributed by atoms with Gasteiger partial charge in [0, 0.05) is 12.5 Å². The average Bonchev–Trinajstić information content (AvgIpc) is 3.38. The number of hydrogen-bond donors (Lipinski definition) is 3. The molecular weight excluding hydrogens is 412 g/mol. The van der Waals surface area contributed by atoms with E-state index in [2.05, 4.69) is 22.8 Å². The lowest BCUT2D eigenvalue weighted by atomic mass is 9.98. The van der Waals surface area contributed by atoms with Gasteiger partial charge in [0.1, 0.15) is 12.6 Å². The van der Waals surface area contributed by atoms with Crippen molar-refractivity contribution in [1.29, 1.82) is 0 Å². The smallest absolute Gasteiger partial charge is 0.407 e. The molecule has 1 saturated heterocycles. The van der Waals surface area contributed by atoms with Crippen molar-refractivity contribution in [3.63, 3.8) is 0 Å². The lowest BCUT2D eigenvalue weighted by Gasteiger charge is -2.22. The van der Waals surface area contributed by atoms with Crippen LogP contribution in [-0.4, -0.2) is 54.5 Å². The third kappa shape index (κ3) is 4.31. The average molecular weight is 438 g/mol. The van der Waals surface area contributed by atoms with Crippen LogP contribution >= 0.6 is 0 Å². The van der Waals surface area contributed by atoms with E-state index < -0.39 is 36.2 Å². The van der Waals surface area contributed by atoms with Gasteiger partial charge in [0.15, 0.2) is 6.10 Å². The highest BCUT2D eigenvalue weighted by Crippen LogP contribution is 2.44. The van der Waals surface area contributed by atoms with Crippen molar-refractivity contribution in [3.05, 3.63) is 59.7 Å². The van der Waals surface area contributed by atoms with Crippen molar-refractivity contribution in [2.75, 3.05) is 13.2 Å². The molecule has 32 heavy (non-hydrogen) atoms. The third-order valence-corrected chi connectivity index (χ3v) is 6.02. The number of ether oxygens (including phenoxy) is 2. The van der Waals surface area contributed by atoms with E-state index in [-0.39, 0.29) is 19.1 Å². The van der Waals surface area contributed by atoms with E-state index in [4.69, 9.17) is 9.47 Å². The predicted octanol–water partition coefficient (Wildman–Crippen LogP) is 2.66. The maximum Gasteiger partial charge on any atom is 0.407 e. The van der Waals surface area contributed by atoms with Crippen LogP contribution in [0.5, 0.6) is 0 Å². The first-order valence-electron chi connectivity index (χ1n) is 10.8. The molecule has 8 nitrogen and oxygen atoms in total. The van der Waals surface area contributed by atoms with Gasteiger partial charge in [0.05, 0.1) is 6.04 Å². The lowest BCUT2D eigenvalue weighted by molar-refractivity contribution is -0.148. The molecule has 1 aliphatic heterocycles. The molecule has 3 atom stereocenters. The standard InChI is InChI=1S/C24H26N2O6/c1-2-19(22(27)25-20-11-12-31-21(20)23(28)29)26-24(30)32-13-18-16-9-5-3-7-14(16)15-8-4-6-10-17(15)18/h3-10,18-21H,2,11-13H2,1H3,(H,25,27)(H,26,30)(H,28,29)/t19-,20?,21?/m0/s1. The molecule has 1 fully saturated rings. The molecule has 0 spiro atoms. The summed E-state index contributed by atoms with van der Waals surface area (Å²) in [6, 6.07) is 14.6. The van der Waals surface area contributed by atoms with Crippen molar-refractivity contribution in [1.82, 2.24) is 10.6 Å². The van der Waals surface area contributed by atoms with E-state index in [0.717, 1.165) is 22.3 Å².